The van der Waals surface area contributed by atoms with E-state index < -0.39 is 23.8 Å². The van der Waals surface area contributed by atoms with E-state index in [9.17, 15) is 18.0 Å². The molecule has 0 radical (unpaired) electrons. The third-order valence-corrected chi connectivity index (χ3v) is 3.80. The SMILES string of the molecule is CCn1ccnc1C(=O)C1CCCCC1C(F)(F)F. The Hall–Kier alpha value is -1.33. The number of halogens is 3. The van der Waals surface area contributed by atoms with Crippen molar-refractivity contribution in [3.63, 3.8) is 0 Å². The molecule has 1 heterocycles. The van der Waals surface area contributed by atoms with E-state index in [1.165, 1.54) is 6.20 Å². The largest absolute Gasteiger partial charge is 0.392 e. The Morgan fingerprint density at radius 1 is 1.42 bits per heavy atom. The molecule has 106 valence electrons. The molecule has 1 saturated carbocycles. The predicted molar refractivity (Wildman–Crippen MR) is 63.7 cm³/mol. The molecule has 0 aromatic carbocycles. The lowest BCUT2D eigenvalue weighted by Gasteiger charge is -2.31. The molecule has 1 aromatic heterocycles. The number of hydrogen-bond donors (Lipinski definition) is 0. The second-order valence-corrected chi connectivity index (χ2v) is 4.94. The van der Waals surface area contributed by atoms with Crippen molar-refractivity contribution in [2.75, 3.05) is 0 Å². The number of carbonyl (C=O) groups excluding carboxylic acids is 1. The molecule has 2 unspecified atom stereocenters. The van der Waals surface area contributed by atoms with Crippen LogP contribution in [-0.2, 0) is 6.54 Å². The molecular formula is C13H17F3N2O. The number of aryl methyl sites for hydroxylation is 1. The first-order chi connectivity index (χ1) is 8.95. The number of ketones is 1. The van der Waals surface area contributed by atoms with Crippen molar-refractivity contribution in [2.24, 2.45) is 11.8 Å². The zero-order valence-corrected chi connectivity index (χ0v) is 10.8. The Morgan fingerprint density at radius 2 is 2.11 bits per heavy atom. The smallest absolute Gasteiger partial charge is 0.329 e. The Morgan fingerprint density at radius 3 is 2.74 bits per heavy atom. The molecule has 2 rings (SSSR count). The summed E-state index contributed by atoms with van der Waals surface area (Å²) in [5.74, 6) is -2.80. The van der Waals surface area contributed by atoms with Crippen LogP contribution >= 0.6 is 0 Å². The van der Waals surface area contributed by atoms with Crippen molar-refractivity contribution < 1.29 is 18.0 Å². The summed E-state index contributed by atoms with van der Waals surface area (Å²) in [5, 5.41) is 0. The Kier molecular flexibility index (Phi) is 3.96. The summed E-state index contributed by atoms with van der Waals surface area (Å²) in [6.45, 7) is 2.37. The third-order valence-electron chi connectivity index (χ3n) is 3.80. The molecule has 0 bridgehead atoms. The van der Waals surface area contributed by atoms with Gasteiger partial charge in [-0.2, -0.15) is 13.2 Å². The van der Waals surface area contributed by atoms with Crippen LogP contribution in [0.15, 0.2) is 12.4 Å². The van der Waals surface area contributed by atoms with Gasteiger partial charge >= 0.3 is 6.18 Å². The lowest BCUT2D eigenvalue weighted by Crippen LogP contribution is -2.38. The fourth-order valence-electron chi connectivity index (χ4n) is 2.79. The molecule has 1 aliphatic carbocycles. The number of hydrogen-bond acceptors (Lipinski definition) is 2. The van der Waals surface area contributed by atoms with E-state index in [2.05, 4.69) is 4.98 Å². The quantitative estimate of drug-likeness (QED) is 0.791. The molecule has 0 amide bonds. The Balaban J connectivity index is 2.25. The molecule has 1 fully saturated rings. The van der Waals surface area contributed by atoms with Gasteiger partial charge in [-0.15, -0.1) is 0 Å². The Bertz CT molecular complexity index is 453. The van der Waals surface area contributed by atoms with E-state index in [0.29, 0.717) is 25.8 Å². The number of nitrogens with zero attached hydrogens (tertiary/aromatic N) is 2. The summed E-state index contributed by atoms with van der Waals surface area (Å²) in [4.78, 5) is 16.2. The number of alkyl halides is 3. The normalized spacial score (nSPS) is 24.4. The van der Waals surface area contributed by atoms with Crippen LogP contribution in [0.2, 0.25) is 0 Å². The van der Waals surface area contributed by atoms with Gasteiger partial charge in [-0.05, 0) is 19.8 Å². The van der Waals surface area contributed by atoms with Crippen LogP contribution < -0.4 is 0 Å². The number of Topliss-reactive ketones (excluding diaryl/α,β-unsaturated/α-hetero) is 1. The van der Waals surface area contributed by atoms with Gasteiger partial charge in [0, 0.05) is 24.9 Å². The summed E-state index contributed by atoms with van der Waals surface area (Å²) in [5.41, 5.74) is 0. The molecule has 0 saturated heterocycles. The number of rotatable bonds is 3. The second kappa shape index (κ2) is 5.35. The third kappa shape index (κ3) is 2.82. The van der Waals surface area contributed by atoms with Crippen LogP contribution in [0.25, 0.3) is 0 Å². The minimum Gasteiger partial charge on any atom is -0.329 e. The first-order valence-corrected chi connectivity index (χ1v) is 6.57. The first kappa shape index (κ1) is 14.1. The van der Waals surface area contributed by atoms with E-state index >= 15 is 0 Å². The highest BCUT2D eigenvalue weighted by Gasteiger charge is 2.48. The zero-order valence-electron chi connectivity index (χ0n) is 10.8. The number of imidazole rings is 1. The average Bonchev–Trinajstić information content (AvgIpc) is 2.85. The lowest BCUT2D eigenvalue weighted by molar-refractivity contribution is -0.191. The van der Waals surface area contributed by atoms with E-state index in [0.717, 1.165) is 0 Å². The van der Waals surface area contributed by atoms with Crippen molar-refractivity contribution in [3.05, 3.63) is 18.2 Å². The van der Waals surface area contributed by atoms with Crippen molar-refractivity contribution in [3.8, 4) is 0 Å². The lowest BCUT2D eigenvalue weighted by atomic mass is 9.76. The summed E-state index contributed by atoms with van der Waals surface area (Å²) in [7, 11) is 0. The molecule has 0 N–H and O–H groups in total. The molecule has 1 aliphatic rings. The van der Waals surface area contributed by atoms with Gasteiger partial charge in [0.15, 0.2) is 5.82 Å². The highest BCUT2D eigenvalue weighted by atomic mass is 19.4. The van der Waals surface area contributed by atoms with Gasteiger partial charge in [0.1, 0.15) is 0 Å². The fourth-order valence-corrected chi connectivity index (χ4v) is 2.79. The van der Waals surface area contributed by atoms with Gasteiger partial charge in [0.2, 0.25) is 5.78 Å². The van der Waals surface area contributed by atoms with Gasteiger partial charge in [-0.3, -0.25) is 4.79 Å². The fraction of sp³-hybridized carbons (Fsp3) is 0.692. The minimum absolute atomic E-state index is 0.0484. The molecule has 1 aromatic rings. The van der Waals surface area contributed by atoms with Gasteiger partial charge < -0.3 is 4.57 Å². The summed E-state index contributed by atoms with van der Waals surface area (Å²) in [6, 6.07) is 0. The standard InChI is InChI=1S/C13H17F3N2O/c1-2-18-8-7-17-12(18)11(19)9-5-3-4-6-10(9)13(14,15)16/h7-10H,2-6H2,1H3. The van der Waals surface area contributed by atoms with Crippen LogP contribution in [0, 0.1) is 11.8 Å². The highest BCUT2D eigenvalue weighted by Crippen LogP contribution is 2.42. The van der Waals surface area contributed by atoms with Gasteiger partial charge in [0.25, 0.3) is 0 Å². The minimum atomic E-state index is -4.30. The molecule has 0 spiro atoms. The van der Waals surface area contributed by atoms with E-state index in [1.807, 2.05) is 6.92 Å². The maximum atomic E-state index is 13.0. The van der Waals surface area contributed by atoms with E-state index in [1.54, 1.807) is 10.8 Å². The first-order valence-electron chi connectivity index (χ1n) is 6.57. The second-order valence-electron chi connectivity index (χ2n) is 4.94. The molecule has 3 nitrogen and oxygen atoms in total. The van der Waals surface area contributed by atoms with Crippen molar-refractivity contribution in [2.45, 2.75) is 45.3 Å². The molecule has 6 heteroatoms. The van der Waals surface area contributed by atoms with Crippen molar-refractivity contribution >= 4 is 5.78 Å². The molecule has 19 heavy (non-hydrogen) atoms. The summed E-state index contributed by atoms with van der Waals surface area (Å²) in [6.07, 6.45) is 0.351. The monoisotopic (exact) mass is 274 g/mol. The van der Waals surface area contributed by atoms with Gasteiger partial charge in [-0.1, -0.05) is 12.8 Å². The van der Waals surface area contributed by atoms with Crippen molar-refractivity contribution in [1.29, 1.82) is 0 Å². The Labute approximate surface area is 109 Å². The van der Waals surface area contributed by atoms with Gasteiger partial charge in [0.05, 0.1) is 5.92 Å². The number of aromatic nitrogens is 2. The molecule has 0 aliphatic heterocycles. The van der Waals surface area contributed by atoms with Crippen molar-refractivity contribution in [1.82, 2.24) is 9.55 Å². The summed E-state index contributed by atoms with van der Waals surface area (Å²) < 4.78 is 40.6. The van der Waals surface area contributed by atoms with E-state index in [4.69, 9.17) is 0 Å². The topological polar surface area (TPSA) is 34.9 Å². The molecule has 2 atom stereocenters. The molecular weight excluding hydrogens is 257 g/mol. The average molecular weight is 274 g/mol. The summed E-state index contributed by atoms with van der Waals surface area (Å²) >= 11 is 0. The predicted octanol–water partition coefficient (Wildman–Crippen LogP) is 3.45. The van der Waals surface area contributed by atoms with Crippen LogP contribution in [0.5, 0.6) is 0 Å². The maximum Gasteiger partial charge on any atom is 0.392 e. The zero-order chi connectivity index (χ0) is 14.0. The highest BCUT2D eigenvalue weighted by molar-refractivity contribution is 5.95. The maximum absolute atomic E-state index is 13.0. The van der Waals surface area contributed by atoms with Crippen LogP contribution in [0.1, 0.15) is 43.2 Å². The van der Waals surface area contributed by atoms with Crippen LogP contribution in [-0.4, -0.2) is 21.5 Å². The van der Waals surface area contributed by atoms with E-state index in [-0.39, 0.29) is 12.2 Å². The van der Waals surface area contributed by atoms with Gasteiger partial charge in [-0.25, -0.2) is 4.98 Å². The number of carbonyl (C=O) groups is 1. The van der Waals surface area contributed by atoms with Crippen LogP contribution in [0.3, 0.4) is 0 Å². The van der Waals surface area contributed by atoms with Crippen LogP contribution in [0.4, 0.5) is 13.2 Å².